The lowest BCUT2D eigenvalue weighted by Crippen LogP contribution is -1.92. The summed E-state index contributed by atoms with van der Waals surface area (Å²) in [4.78, 5) is 0. The summed E-state index contributed by atoms with van der Waals surface area (Å²) in [6, 6.07) is 14.0. The molecule has 0 bridgehead atoms. The predicted octanol–water partition coefficient (Wildman–Crippen LogP) is 3.57. The van der Waals surface area contributed by atoms with E-state index in [0.29, 0.717) is 12.2 Å². The molecule has 3 heteroatoms. The molecule has 2 aromatic rings. The third-order valence-corrected chi connectivity index (χ3v) is 2.71. The summed E-state index contributed by atoms with van der Waals surface area (Å²) in [6.45, 7) is 0. The first-order valence-corrected chi connectivity index (χ1v) is 5.54. The highest BCUT2D eigenvalue weighted by Crippen LogP contribution is 2.27. The molecule has 0 aliphatic carbocycles. The Balaban J connectivity index is 2.44. The summed E-state index contributed by atoms with van der Waals surface area (Å²) < 4.78 is 18.4. The summed E-state index contributed by atoms with van der Waals surface area (Å²) in [5.41, 5.74) is 2.49. The number of ether oxygens (including phenoxy) is 1. The van der Waals surface area contributed by atoms with Crippen LogP contribution in [0.3, 0.4) is 0 Å². The molecule has 0 N–H and O–H groups in total. The van der Waals surface area contributed by atoms with E-state index in [4.69, 9.17) is 10.00 Å². The van der Waals surface area contributed by atoms with Crippen LogP contribution in [0, 0.1) is 17.1 Å². The van der Waals surface area contributed by atoms with Crippen molar-refractivity contribution in [1.82, 2.24) is 0 Å². The molecule has 2 aromatic carbocycles. The minimum absolute atomic E-state index is 0.271. The Morgan fingerprint density at radius 1 is 1.17 bits per heavy atom. The van der Waals surface area contributed by atoms with E-state index in [1.54, 1.807) is 13.2 Å². The van der Waals surface area contributed by atoms with Gasteiger partial charge in [0.2, 0.25) is 0 Å². The SMILES string of the molecule is COc1cc(-c2cccc(F)c2)ccc1CC#N. The van der Waals surface area contributed by atoms with Gasteiger partial charge in [-0.2, -0.15) is 5.26 Å². The van der Waals surface area contributed by atoms with E-state index in [2.05, 4.69) is 6.07 Å². The molecule has 0 heterocycles. The molecule has 0 atom stereocenters. The lowest BCUT2D eigenvalue weighted by molar-refractivity contribution is 0.411. The summed E-state index contributed by atoms with van der Waals surface area (Å²) in [5.74, 6) is 0.380. The maximum atomic E-state index is 13.2. The van der Waals surface area contributed by atoms with Crippen molar-refractivity contribution in [3.05, 3.63) is 53.8 Å². The highest BCUT2D eigenvalue weighted by Gasteiger charge is 2.06. The molecule has 0 radical (unpaired) electrons. The largest absolute Gasteiger partial charge is 0.496 e. The minimum Gasteiger partial charge on any atom is -0.496 e. The molecule has 0 aromatic heterocycles. The molecule has 0 saturated carbocycles. The van der Waals surface area contributed by atoms with Gasteiger partial charge >= 0.3 is 0 Å². The maximum Gasteiger partial charge on any atom is 0.123 e. The molecule has 2 nitrogen and oxygen atoms in total. The van der Waals surface area contributed by atoms with Crippen LogP contribution in [0.25, 0.3) is 11.1 Å². The van der Waals surface area contributed by atoms with E-state index in [1.807, 2.05) is 24.3 Å². The van der Waals surface area contributed by atoms with Gasteiger partial charge in [0.25, 0.3) is 0 Å². The zero-order chi connectivity index (χ0) is 13.0. The van der Waals surface area contributed by atoms with Crippen LogP contribution in [-0.4, -0.2) is 7.11 Å². The molecular weight excluding hydrogens is 229 g/mol. The molecule has 0 aliphatic rings. The molecule has 18 heavy (non-hydrogen) atoms. The van der Waals surface area contributed by atoms with Crippen molar-refractivity contribution in [2.24, 2.45) is 0 Å². The second kappa shape index (κ2) is 5.33. The van der Waals surface area contributed by atoms with Gasteiger partial charge in [0.1, 0.15) is 11.6 Å². The van der Waals surface area contributed by atoms with Crippen molar-refractivity contribution in [2.75, 3.05) is 7.11 Å². The summed E-state index contributed by atoms with van der Waals surface area (Å²) in [6.07, 6.45) is 0.298. The first-order chi connectivity index (χ1) is 8.74. The summed E-state index contributed by atoms with van der Waals surface area (Å²) in [7, 11) is 1.56. The van der Waals surface area contributed by atoms with E-state index >= 15 is 0 Å². The van der Waals surface area contributed by atoms with E-state index in [1.165, 1.54) is 12.1 Å². The molecule has 0 saturated heterocycles. The fraction of sp³-hybridized carbons (Fsp3) is 0.133. The first kappa shape index (κ1) is 12.1. The van der Waals surface area contributed by atoms with Crippen molar-refractivity contribution in [2.45, 2.75) is 6.42 Å². The van der Waals surface area contributed by atoms with Crippen molar-refractivity contribution in [1.29, 1.82) is 5.26 Å². The summed E-state index contributed by atoms with van der Waals surface area (Å²) in [5, 5.41) is 8.71. The average molecular weight is 241 g/mol. The van der Waals surface area contributed by atoms with Gasteiger partial charge in [-0.15, -0.1) is 0 Å². The molecule has 2 rings (SSSR count). The number of halogens is 1. The Kier molecular flexibility index (Phi) is 3.59. The molecule has 0 aliphatic heterocycles. The van der Waals surface area contributed by atoms with E-state index in [-0.39, 0.29) is 5.82 Å². The Morgan fingerprint density at radius 2 is 1.94 bits per heavy atom. The molecule has 90 valence electrons. The van der Waals surface area contributed by atoms with E-state index in [0.717, 1.165) is 16.7 Å². The zero-order valence-electron chi connectivity index (χ0n) is 9.98. The first-order valence-electron chi connectivity index (χ1n) is 5.54. The van der Waals surface area contributed by atoms with Crippen molar-refractivity contribution in [3.63, 3.8) is 0 Å². The maximum absolute atomic E-state index is 13.2. The molecule has 0 unspecified atom stereocenters. The highest BCUT2D eigenvalue weighted by molar-refractivity contribution is 5.66. The Morgan fingerprint density at radius 3 is 2.61 bits per heavy atom. The third kappa shape index (κ3) is 2.49. The van der Waals surface area contributed by atoms with Crippen molar-refractivity contribution in [3.8, 4) is 22.9 Å². The normalized spacial score (nSPS) is 9.83. The standard InChI is InChI=1S/C15H12FNO/c1-18-15-10-13(6-5-11(15)7-8-17)12-3-2-4-14(16)9-12/h2-6,9-10H,7H2,1H3. The quantitative estimate of drug-likeness (QED) is 0.823. The van der Waals surface area contributed by atoms with Gasteiger partial charge in [-0.25, -0.2) is 4.39 Å². The number of rotatable bonds is 3. The van der Waals surface area contributed by atoms with Gasteiger partial charge in [0.15, 0.2) is 0 Å². The number of hydrogen-bond donors (Lipinski definition) is 0. The number of nitriles is 1. The Labute approximate surface area is 105 Å². The van der Waals surface area contributed by atoms with Crippen LogP contribution in [0.4, 0.5) is 4.39 Å². The Hall–Kier alpha value is -2.34. The second-order valence-corrected chi connectivity index (χ2v) is 3.87. The predicted molar refractivity (Wildman–Crippen MR) is 67.7 cm³/mol. The number of hydrogen-bond acceptors (Lipinski definition) is 2. The Bertz CT molecular complexity index is 602. The van der Waals surface area contributed by atoms with Gasteiger partial charge < -0.3 is 4.74 Å². The summed E-state index contributed by atoms with van der Waals surface area (Å²) >= 11 is 0. The fourth-order valence-corrected chi connectivity index (χ4v) is 1.82. The zero-order valence-corrected chi connectivity index (χ0v) is 9.98. The fourth-order valence-electron chi connectivity index (χ4n) is 1.82. The van der Waals surface area contributed by atoms with E-state index in [9.17, 15) is 4.39 Å². The van der Waals surface area contributed by atoms with Crippen LogP contribution >= 0.6 is 0 Å². The van der Waals surface area contributed by atoms with Crippen molar-refractivity contribution < 1.29 is 9.13 Å². The third-order valence-electron chi connectivity index (χ3n) is 2.71. The average Bonchev–Trinajstić information content (AvgIpc) is 2.39. The second-order valence-electron chi connectivity index (χ2n) is 3.87. The van der Waals surface area contributed by atoms with Crippen LogP contribution in [-0.2, 0) is 6.42 Å². The van der Waals surface area contributed by atoms with Crippen molar-refractivity contribution >= 4 is 0 Å². The van der Waals surface area contributed by atoms with Crippen LogP contribution < -0.4 is 4.74 Å². The van der Waals surface area contributed by atoms with Crippen LogP contribution in [0.5, 0.6) is 5.75 Å². The van der Waals surface area contributed by atoms with Crippen LogP contribution in [0.1, 0.15) is 5.56 Å². The molecule has 0 fully saturated rings. The number of benzene rings is 2. The molecule has 0 amide bonds. The van der Waals surface area contributed by atoms with Gasteiger partial charge in [-0.05, 0) is 29.3 Å². The molecule has 0 spiro atoms. The van der Waals surface area contributed by atoms with Gasteiger partial charge in [0.05, 0.1) is 19.6 Å². The lowest BCUT2D eigenvalue weighted by Gasteiger charge is -2.09. The molecular formula is C15H12FNO. The van der Waals surface area contributed by atoms with E-state index < -0.39 is 0 Å². The van der Waals surface area contributed by atoms with Crippen LogP contribution in [0.15, 0.2) is 42.5 Å². The number of methoxy groups -OCH3 is 1. The monoisotopic (exact) mass is 241 g/mol. The highest BCUT2D eigenvalue weighted by atomic mass is 19.1. The van der Waals surface area contributed by atoms with Crippen LogP contribution in [0.2, 0.25) is 0 Å². The van der Waals surface area contributed by atoms with Gasteiger partial charge in [0, 0.05) is 5.56 Å². The van der Waals surface area contributed by atoms with Gasteiger partial charge in [-0.1, -0.05) is 24.3 Å². The topological polar surface area (TPSA) is 33.0 Å². The van der Waals surface area contributed by atoms with Gasteiger partial charge in [-0.3, -0.25) is 0 Å². The number of nitrogens with zero attached hydrogens (tertiary/aromatic N) is 1. The lowest BCUT2D eigenvalue weighted by atomic mass is 10.0. The smallest absolute Gasteiger partial charge is 0.123 e. The minimum atomic E-state index is -0.271.